The van der Waals surface area contributed by atoms with Crippen LogP contribution in [-0.4, -0.2) is 58.0 Å². The third kappa shape index (κ3) is 4.52. The molecular weight excluding hydrogens is 390 g/mol. The highest BCUT2D eigenvalue weighted by molar-refractivity contribution is 7.91. The number of nitrogens with zero attached hydrogens (tertiary/aromatic N) is 2. The number of hydrogen-bond donors (Lipinski definition) is 1. The molecule has 27 heavy (non-hydrogen) atoms. The van der Waals surface area contributed by atoms with Gasteiger partial charge < -0.3 is 4.90 Å². The van der Waals surface area contributed by atoms with Crippen molar-refractivity contribution in [1.29, 1.82) is 0 Å². The number of hydrogen-bond acceptors (Lipinski definition) is 6. The summed E-state index contributed by atoms with van der Waals surface area (Å²) in [5.41, 5.74) is 0.307. The van der Waals surface area contributed by atoms with Crippen LogP contribution in [0, 0.1) is 0 Å². The van der Waals surface area contributed by atoms with E-state index in [0.717, 1.165) is 12.3 Å². The number of nitrogens with one attached hydrogen (secondary N) is 1. The lowest BCUT2D eigenvalue weighted by molar-refractivity contribution is 0.0784. The predicted octanol–water partition coefficient (Wildman–Crippen LogP) is 0.678. The number of sulfonamides is 1. The average molecular weight is 409 g/mol. The summed E-state index contributed by atoms with van der Waals surface area (Å²) in [6.45, 7) is 0.631. The van der Waals surface area contributed by atoms with E-state index in [9.17, 15) is 21.6 Å². The minimum atomic E-state index is -3.91. The Labute approximate surface area is 158 Å². The predicted molar refractivity (Wildman–Crippen MR) is 98.4 cm³/mol. The van der Waals surface area contributed by atoms with Crippen LogP contribution in [0.1, 0.15) is 16.9 Å². The fraction of sp³-hybridized carbons (Fsp3) is 0.294. The van der Waals surface area contributed by atoms with Gasteiger partial charge in [-0.15, -0.1) is 0 Å². The number of aromatic nitrogens is 1. The third-order valence-electron chi connectivity index (χ3n) is 4.23. The van der Waals surface area contributed by atoms with E-state index in [1.807, 2.05) is 0 Å². The van der Waals surface area contributed by atoms with Crippen LogP contribution in [0.2, 0.25) is 0 Å². The molecule has 2 heterocycles. The Hall–Kier alpha value is -2.30. The van der Waals surface area contributed by atoms with E-state index in [1.54, 1.807) is 23.1 Å². The summed E-state index contributed by atoms with van der Waals surface area (Å²) in [4.78, 5) is 17.8. The summed E-state index contributed by atoms with van der Waals surface area (Å²) in [6.07, 6.45) is 3.01. The number of benzene rings is 1. The van der Waals surface area contributed by atoms with Crippen LogP contribution >= 0.6 is 0 Å². The summed E-state index contributed by atoms with van der Waals surface area (Å²) in [5.74, 6) is -0.253. The second-order valence-corrected chi connectivity index (χ2v) is 10.0. The van der Waals surface area contributed by atoms with Crippen molar-refractivity contribution < 1.29 is 21.6 Å². The SMILES string of the molecule is CS(=O)(=O)c1cccc(S(=O)(=O)NC2CCN(C(=O)c3ccccn3)C2)c1. The van der Waals surface area contributed by atoms with Gasteiger partial charge in [0.15, 0.2) is 9.84 Å². The first kappa shape index (κ1) is 19.5. The van der Waals surface area contributed by atoms with E-state index in [0.29, 0.717) is 18.7 Å². The topological polar surface area (TPSA) is 114 Å². The average Bonchev–Trinajstić information content (AvgIpc) is 3.09. The molecule has 1 atom stereocenters. The molecule has 2 aromatic rings. The van der Waals surface area contributed by atoms with Gasteiger partial charge in [-0.2, -0.15) is 0 Å². The van der Waals surface area contributed by atoms with Crippen molar-refractivity contribution in [2.75, 3.05) is 19.3 Å². The van der Waals surface area contributed by atoms with Crippen LogP contribution in [0.5, 0.6) is 0 Å². The maximum atomic E-state index is 12.6. The second kappa shape index (κ2) is 7.37. The van der Waals surface area contributed by atoms with Crippen LogP contribution in [0.25, 0.3) is 0 Å². The molecule has 1 saturated heterocycles. The molecule has 8 nitrogen and oxygen atoms in total. The summed E-state index contributed by atoms with van der Waals surface area (Å²) in [6, 6.07) is 9.77. The lowest BCUT2D eigenvalue weighted by atomic mass is 10.3. The maximum absolute atomic E-state index is 12.6. The summed E-state index contributed by atoms with van der Waals surface area (Å²) in [7, 11) is -7.42. The molecule has 0 aliphatic carbocycles. The molecule has 1 N–H and O–H groups in total. The van der Waals surface area contributed by atoms with Gasteiger partial charge in [0.05, 0.1) is 9.79 Å². The number of amides is 1. The normalized spacial score (nSPS) is 17.8. The first-order valence-electron chi connectivity index (χ1n) is 8.19. The molecule has 1 aliphatic rings. The third-order valence-corrected chi connectivity index (χ3v) is 6.85. The Kier molecular flexibility index (Phi) is 5.31. The van der Waals surface area contributed by atoms with E-state index >= 15 is 0 Å². The van der Waals surface area contributed by atoms with Crippen molar-refractivity contribution in [3.63, 3.8) is 0 Å². The minimum absolute atomic E-state index is 0.0660. The molecule has 1 aliphatic heterocycles. The van der Waals surface area contributed by atoms with Gasteiger partial charge in [-0.3, -0.25) is 9.78 Å². The van der Waals surface area contributed by atoms with Crippen molar-refractivity contribution in [2.45, 2.75) is 22.3 Å². The van der Waals surface area contributed by atoms with Gasteiger partial charge in [0.1, 0.15) is 5.69 Å². The van der Waals surface area contributed by atoms with Gasteiger partial charge in [-0.1, -0.05) is 12.1 Å². The molecule has 1 aromatic heterocycles. The van der Waals surface area contributed by atoms with E-state index < -0.39 is 25.9 Å². The lowest BCUT2D eigenvalue weighted by Crippen LogP contribution is -2.38. The lowest BCUT2D eigenvalue weighted by Gasteiger charge is -2.17. The van der Waals surface area contributed by atoms with Gasteiger partial charge in [0.2, 0.25) is 10.0 Å². The zero-order valence-electron chi connectivity index (χ0n) is 14.6. The summed E-state index contributed by atoms with van der Waals surface area (Å²) < 4.78 is 51.0. The Morgan fingerprint density at radius 3 is 2.52 bits per heavy atom. The number of carbonyl (C=O) groups is 1. The second-order valence-electron chi connectivity index (χ2n) is 6.32. The zero-order chi connectivity index (χ0) is 19.7. The zero-order valence-corrected chi connectivity index (χ0v) is 16.2. The van der Waals surface area contributed by atoms with Crippen LogP contribution in [0.15, 0.2) is 58.5 Å². The minimum Gasteiger partial charge on any atom is -0.336 e. The maximum Gasteiger partial charge on any atom is 0.272 e. The first-order valence-corrected chi connectivity index (χ1v) is 11.6. The monoisotopic (exact) mass is 409 g/mol. The fourth-order valence-corrected chi connectivity index (χ4v) is 4.90. The van der Waals surface area contributed by atoms with Crippen molar-refractivity contribution in [1.82, 2.24) is 14.6 Å². The van der Waals surface area contributed by atoms with Gasteiger partial charge in [0.25, 0.3) is 5.91 Å². The highest BCUT2D eigenvalue weighted by atomic mass is 32.2. The molecule has 0 radical (unpaired) electrons. The standard InChI is InChI=1S/C17H19N3O5S2/c1-26(22,23)14-5-4-6-15(11-14)27(24,25)19-13-8-10-20(12-13)17(21)16-7-2-3-9-18-16/h2-7,9,11,13,19H,8,10,12H2,1H3. The van der Waals surface area contributed by atoms with E-state index in [2.05, 4.69) is 9.71 Å². The van der Waals surface area contributed by atoms with E-state index in [1.165, 1.54) is 24.4 Å². The van der Waals surface area contributed by atoms with Crippen molar-refractivity contribution in [2.24, 2.45) is 0 Å². The molecule has 1 amide bonds. The molecule has 1 unspecified atom stereocenters. The molecule has 0 bridgehead atoms. The summed E-state index contributed by atoms with van der Waals surface area (Å²) in [5, 5.41) is 0. The quantitative estimate of drug-likeness (QED) is 0.777. The first-order chi connectivity index (χ1) is 12.7. The molecule has 0 spiro atoms. The number of pyridine rings is 1. The van der Waals surface area contributed by atoms with Crippen LogP contribution in [0.4, 0.5) is 0 Å². The highest BCUT2D eigenvalue weighted by Crippen LogP contribution is 2.18. The highest BCUT2D eigenvalue weighted by Gasteiger charge is 2.31. The molecule has 1 fully saturated rings. The Bertz CT molecular complexity index is 1050. The molecular formula is C17H19N3O5S2. The van der Waals surface area contributed by atoms with E-state index in [-0.39, 0.29) is 22.2 Å². The smallest absolute Gasteiger partial charge is 0.272 e. The van der Waals surface area contributed by atoms with Crippen molar-refractivity contribution in [3.8, 4) is 0 Å². The van der Waals surface area contributed by atoms with Gasteiger partial charge in [0, 0.05) is 31.6 Å². The molecule has 10 heteroatoms. The Balaban J connectivity index is 1.72. The summed E-state index contributed by atoms with van der Waals surface area (Å²) >= 11 is 0. The largest absolute Gasteiger partial charge is 0.336 e. The number of sulfone groups is 1. The van der Waals surface area contributed by atoms with E-state index in [4.69, 9.17) is 0 Å². The molecule has 144 valence electrons. The number of likely N-dealkylation sites (tertiary alicyclic amines) is 1. The van der Waals surface area contributed by atoms with Crippen LogP contribution in [0.3, 0.4) is 0 Å². The Morgan fingerprint density at radius 1 is 1.11 bits per heavy atom. The van der Waals surface area contributed by atoms with Crippen LogP contribution < -0.4 is 4.72 Å². The molecule has 0 saturated carbocycles. The molecule has 3 rings (SSSR count). The number of carbonyl (C=O) groups excluding carboxylic acids is 1. The molecule has 1 aromatic carbocycles. The number of rotatable bonds is 5. The van der Waals surface area contributed by atoms with Gasteiger partial charge >= 0.3 is 0 Å². The van der Waals surface area contributed by atoms with Crippen molar-refractivity contribution in [3.05, 3.63) is 54.4 Å². The Morgan fingerprint density at radius 2 is 1.85 bits per heavy atom. The van der Waals surface area contributed by atoms with Crippen LogP contribution in [-0.2, 0) is 19.9 Å². The van der Waals surface area contributed by atoms with Gasteiger partial charge in [-0.05, 0) is 36.8 Å². The fourth-order valence-electron chi connectivity index (χ4n) is 2.85. The van der Waals surface area contributed by atoms with Gasteiger partial charge in [-0.25, -0.2) is 21.6 Å². The van der Waals surface area contributed by atoms with Crippen molar-refractivity contribution >= 4 is 25.8 Å².